The van der Waals surface area contributed by atoms with Crippen molar-refractivity contribution in [2.45, 2.75) is 13.5 Å². The molecule has 0 bridgehead atoms. The summed E-state index contributed by atoms with van der Waals surface area (Å²) in [7, 11) is 0. The van der Waals surface area contributed by atoms with Crippen molar-refractivity contribution in [2.75, 3.05) is 5.32 Å². The highest BCUT2D eigenvalue weighted by Gasteiger charge is 2.11. The summed E-state index contributed by atoms with van der Waals surface area (Å²) in [5.74, 6) is 1.43. The summed E-state index contributed by atoms with van der Waals surface area (Å²) < 4.78 is 7.69. The van der Waals surface area contributed by atoms with Crippen molar-refractivity contribution in [2.24, 2.45) is 0 Å². The summed E-state index contributed by atoms with van der Waals surface area (Å²) in [6.45, 7) is 2.14. The van der Waals surface area contributed by atoms with E-state index in [1.54, 1.807) is 23.6 Å². The molecule has 0 amide bonds. The molecule has 28 heavy (non-hydrogen) atoms. The van der Waals surface area contributed by atoms with E-state index in [4.69, 9.17) is 16.3 Å². The smallest absolute Gasteiger partial charge is 0.227 e. The molecule has 0 aliphatic heterocycles. The van der Waals surface area contributed by atoms with Gasteiger partial charge in [0.15, 0.2) is 5.75 Å². The quantitative estimate of drug-likeness (QED) is 0.431. The summed E-state index contributed by atoms with van der Waals surface area (Å²) in [6.07, 6.45) is 1.89. The number of nitrogens with one attached hydrogen (secondary N) is 1. The van der Waals surface area contributed by atoms with Crippen LogP contribution in [-0.2, 0) is 6.54 Å². The van der Waals surface area contributed by atoms with Crippen LogP contribution in [0.15, 0.2) is 79.0 Å². The Hall–Kier alpha value is -3.24. The summed E-state index contributed by atoms with van der Waals surface area (Å²) in [4.78, 5) is 11.9. The molecule has 4 rings (SSSR count). The molecular weight excluding hydrogens is 372 g/mol. The number of benzene rings is 3. The number of fused-ring (bicyclic) bond motifs is 1. The van der Waals surface area contributed by atoms with E-state index in [1.165, 1.54) is 0 Å². The molecule has 1 N–H and O–H groups in total. The molecule has 0 spiro atoms. The van der Waals surface area contributed by atoms with Gasteiger partial charge in [0.1, 0.15) is 5.75 Å². The topological polar surface area (TPSA) is 43.3 Å². The van der Waals surface area contributed by atoms with Gasteiger partial charge in [-0.25, -0.2) is 0 Å². The highest BCUT2D eigenvalue weighted by molar-refractivity contribution is 6.30. The monoisotopic (exact) mass is 390 g/mol. The van der Waals surface area contributed by atoms with Crippen molar-refractivity contribution in [3.05, 3.63) is 89.6 Å². The highest BCUT2D eigenvalue weighted by Crippen LogP contribution is 2.31. The Morgan fingerprint density at radius 1 is 1.00 bits per heavy atom. The lowest BCUT2D eigenvalue weighted by Crippen LogP contribution is -2.04. The number of carbonyl (C=O) groups is 1. The summed E-state index contributed by atoms with van der Waals surface area (Å²) >= 11 is 5.94. The van der Waals surface area contributed by atoms with Gasteiger partial charge in [-0.3, -0.25) is 9.36 Å². The van der Waals surface area contributed by atoms with Crippen molar-refractivity contribution in [1.29, 1.82) is 0 Å². The van der Waals surface area contributed by atoms with Gasteiger partial charge in [0.2, 0.25) is 5.91 Å². The van der Waals surface area contributed by atoms with Gasteiger partial charge in [-0.15, -0.1) is 0 Å². The molecule has 5 heteroatoms. The maximum atomic E-state index is 11.9. The predicted octanol–water partition coefficient (Wildman–Crippen LogP) is 6.36. The first kappa shape index (κ1) is 18.1. The van der Waals surface area contributed by atoms with Crippen LogP contribution >= 0.6 is 11.6 Å². The number of anilines is 1. The SMILES string of the molecule is CC(=O)n1cc(CNc2ccccc2Oc2ccc(Cl)cc2)c2ccccc21. The Bertz CT molecular complexity index is 1130. The average molecular weight is 391 g/mol. The van der Waals surface area contributed by atoms with Crippen molar-refractivity contribution in [3.8, 4) is 11.5 Å². The van der Waals surface area contributed by atoms with Crippen LogP contribution < -0.4 is 10.1 Å². The second kappa shape index (κ2) is 7.79. The number of halogens is 1. The first-order valence-electron chi connectivity index (χ1n) is 8.98. The fourth-order valence-corrected chi connectivity index (χ4v) is 3.30. The van der Waals surface area contributed by atoms with E-state index < -0.39 is 0 Å². The summed E-state index contributed by atoms with van der Waals surface area (Å²) in [6, 6.07) is 22.9. The molecule has 0 fully saturated rings. The molecule has 1 aromatic heterocycles. The van der Waals surface area contributed by atoms with Gasteiger partial charge in [0.05, 0.1) is 11.2 Å². The zero-order valence-electron chi connectivity index (χ0n) is 15.4. The molecule has 0 atom stereocenters. The number of aromatic nitrogens is 1. The first-order chi connectivity index (χ1) is 13.6. The molecule has 140 valence electrons. The van der Waals surface area contributed by atoms with Crippen molar-refractivity contribution in [1.82, 2.24) is 4.57 Å². The normalized spacial score (nSPS) is 10.8. The zero-order valence-corrected chi connectivity index (χ0v) is 16.1. The fraction of sp³-hybridized carbons (Fsp3) is 0.0870. The Labute approximate surface area is 168 Å². The lowest BCUT2D eigenvalue weighted by Gasteiger charge is -2.13. The van der Waals surface area contributed by atoms with Gasteiger partial charge < -0.3 is 10.1 Å². The third-order valence-electron chi connectivity index (χ3n) is 4.53. The van der Waals surface area contributed by atoms with E-state index in [0.29, 0.717) is 17.3 Å². The molecule has 1 heterocycles. The number of para-hydroxylation sites is 3. The van der Waals surface area contributed by atoms with Crippen molar-refractivity contribution in [3.63, 3.8) is 0 Å². The van der Waals surface area contributed by atoms with Crippen LogP contribution in [0.5, 0.6) is 11.5 Å². The highest BCUT2D eigenvalue weighted by atomic mass is 35.5. The summed E-state index contributed by atoms with van der Waals surface area (Å²) in [5.41, 5.74) is 2.83. The van der Waals surface area contributed by atoms with Gasteiger partial charge in [0, 0.05) is 30.1 Å². The minimum atomic E-state index is -0.00563. The molecule has 0 aliphatic rings. The van der Waals surface area contributed by atoms with Gasteiger partial charge in [-0.05, 0) is 48.0 Å². The average Bonchev–Trinajstić information content (AvgIpc) is 3.08. The van der Waals surface area contributed by atoms with E-state index in [9.17, 15) is 4.79 Å². The van der Waals surface area contributed by atoms with Crippen LogP contribution in [0.3, 0.4) is 0 Å². The van der Waals surface area contributed by atoms with E-state index in [-0.39, 0.29) is 5.91 Å². The molecule has 0 saturated carbocycles. The Morgan fingerprint density at radius 2 is 1.71 bits per heavy atom. The molecule has 0 radical (unpaired) electrons. The fourth-order valence-electron chi connectivity index (χ4n) is 3.17. The third-order valence-corrected chi connectivity index (χ3v) is 4.78. The number of nitrogens with zero attached hydrogens (tertiary/aromatic N) is 1. The number of rotatable bonds is 5. The third kappa shape index (κ3) is 3.73. The number of ether oxygens (including phenoxy) is 1. The van der Waals surface area contributed by atoms with Crippen LogP contribution in [-0.4, -0.2) is 10.5 Å². The first-order valence-corrected chi connectivity index (χ1v) is 9.36. The zero-order chi connectivity index (χ0) is 19.5. The van der Waals surface area contributed by atoms with Gasteiger partial charge >= 0.3 is 0 Å². The maximum absolute atomic E-state index is 11.9. The minimum absolute atomic E-state index is 0.00563. The molecular formula is C23H19ClN2O2. The van der Waals surface area contributed by atoms with Crippen LogP contribution in [0.2, 0.25) is 5.02 Å². The van der Waals surface area contributed by atoms with Crippen molar-refractivity contribution >= 4 is 34.1 Å². The van der Waals surface area contributed by atoms with Crippen LogP contribution in [0.4, 0.5) is 5.69 Å². The number of hydrogen-bond donors (Lipinski definition) is 1. The van der Waals surface area contributed by atoms with Crippen molar-refractivity contribution < 1.29 is 9.53 Å². The van der Waals surface area contributed by atoms with E-state index in [0.717, 1.165) is 27.9 Å². The van der Waals surface area contributed by atoms with Crippen LogP contribution in [0, 0.1) is 0 Å². The molecule has 0 saturated heterocycles. The molecule has 4 nitrogen and oxygen atoms in total. The van der Waals surface area contributed by atoms with E-state index in [2.05, 4.69) is 5.32 Å². The minimum Gasteiger partial charge on any atom is -0.455 e. The Balaban J connectivity index is 1.58. The lowest BCUT2D eigenvalue weighted by atomic mass is 10.1. The molecule has 3 aromatic carbocycles. The Morgan fingerprint density at radius 3 is 2.50 bits per heavy atom. The number of hydrogen-bond acceptors (Lipinski definition) is 3. The van der Waals surface area contributed by atoms with Gasteiger partial charge in [0.25, 0.3) is 0 Å². The van der Waals surface area contributed by atoms with Gasteiger partial charge in [-0.1, -0.05) is 41.9 Å². The second-order valence-electron chi connectivity index (χ2n) is 6.47. The lowest BCUT2D eigenvalue weighted by molar-refractivity contribution is 0.0941. The molecule has 0 unspecified atom stereocenters. The standard InChI is InChI=1S/C23H19ClN2O2/c1-16(27)26-15-17(20-6-2-4-8-22(20)26)14-25-21-7-3-5-9-23(21)28-19-12-10-18(24)11-13-19/h2-13,15,25H,14H2,1H3. The Kier molecular flexibility index (Phi) is 5.04. The second-order valence-corrected chi connectivity index (χ2v) is 6.90. The maximum Gasteiger partial charge on any atom is 0.227 e. The summed E-state index contributed by atoms with van der Waals surface area (Å²) in [5, 5.41) is 5.15. The van der Waals surface area contributed by atoms with Gasteiger partial charge in [-0.2, -0.15) is 0 Å². The largest absolute Gasteiger partial charge is 0.455 e. The molecule has 0 aliphatic carbocycles. The predicted molar refractivity (Wildman–Crippen MR) is 114 cm³/mol. The van der Waals surface area contributed by atoms with Crippen LogP contribution in [0.1, 0.15) is 17.3 Å². The van der Waals surface area contributed by atoms with Crippen LogP contribution in [0.25, 0.3) is 10.9 Å². The van der Waals surface area contributed by atoms with E-state index >= 15 is 0 Å². The number of carbonyl (C=O) groups excluding carboxylic acids is 1. The van der Waals surface area contributed by atoms with E-state index in [1.807, 2.05) is 66.9 Å². The molecule has 4 aromatic rings.